The maximum Gasteiger partial charge on any atom is 0.162 e. The zero-order chi connectivity index (χ0) is 16.1. The summed E-state index contributed by atoms with van der Waals surface area (Å²) in [6, 6.07) is 15.5. The third-order valence-corrected chi connectivity index (χ3v) is 3.51. The van der Waals surface area contributed by atoms with Crippen LogP contribution in [0, 0.1) is 0 Å². The molecule has 0 saturated carbocycles. The molecule has 0 radical (unpaired) electrons. The van der Waals surface area contributed by atoms with Gasteiger partial charge < -0.3 is 14.2 Å². The Labute approximate surface area is 134 Å². The Morgan fingerprint density at radius 1 is 0.913 bits per heavy atom. The average molecular weight is 310 g/mol. The van der Waals surface area contributed by atoms with Gasteiger partial charge in [0.2, 0.25) is 0 Å². The molecule has 1 heterocycles. The summed E-state index contributed by atoms with van der Waals surface area (Å²) in [5, 5.41) is 7.00. The quantitative estimate of drug-likeness (QED) is 0.754. The van der Waals surface area contributed by atoms with Crippen LogP contribution in [0.1, 0.15) is 5.56 Å². The van der Waals surface area contributed by atoms with Crippen molar-refractivity contribution in [2.45, 2.75) is 6.61 Å². The van der Waals surface area contributed by atoms with Gasteiger partial charge in [-0.1, -0.05) is 12.1 Å². The highest BCUT2D eigenvalue weighted by Crippen LogP contribution is 2.32. The van der Waals surface area contributed by atoms with Crippen LogP contribution in [-0.4, -0.2) is 24.4 Å². The van der Waals surface area contributed by atoms with E-state index in [1.165, 1.54) is 0 Å². The highest BCUT2D eigenvalue weighted by Gasteiger charge is 2.09. The molecule has 0 amide bonds. The standard InChI is InChI=1S/C18H18N2O3/c1-21-15-6-3-13(4-7-15)12-23-18-11-14(5-8-17(18)22-2)16-9-10-19-20-16/h3-11H,12H2,1-2H3,(H,19,20). The lowest BCUT2D eigenvalue weighted by Gasteiger charge is -2.12. The second-order valence-corrected chi connectivity index (χ2v) is 4.96. The Bertz CT molecular complexity index is 752. The van der Waals surface area contributed by atoms with Crippen LogP contribution in [0.25, 0.3) is 11.3 Å². The fraction of sp³-hybridized carbons (Fsp3) is 0.167. The van der Waals surface area contributed by atoms with E-state index in [2.05, 4.69) is 10.2 Å². The number of hydrogen-bond donors (Lipinski definition) is 1. The Balaban J connectivity index is 1.78. The van der Waals surface area contributed by atoms with Crippen molar-refractivity contribution in [3.63, 3.8) is 0 Å². The minimum atomic E-state index is 0.449. The van der Waals surface area contributed by atoms with E-state index in [0.717, 1.165) is 22.6 Å². The first-order chi connectivity index (χ1) is 11.3. The molecule has 3 rings (SSSR count). The zero-order valence-corrected chi connectivity index (χ0v) is 13.1. The molecule has 3 aromatic rings. The summed E-state index contributed by atoms with van der Waals surface area (Å²) >= 11 is 0. The number of methoxy groups -OCH3 is 2. The summed E-state index contributed by atoms with van der Waals surface area (Å²) in [6.07, 6.45) is 1.79. The normalized spacial score (nSPS) is 10.3. The lowest BCUT2D eigenvalue weighted by atomic mass is 10.1. The van der Waals surface area contributed by atoms with Gasteiger partial charge in [0, 0.05) is 11.8 Å². The molecule has 2 aromatic carbocycles. The smallest absolute Gasteiger partial charge is 0.162 e. The number of nitrogens with zero attached hydrogens (tertiary/aromatic N) is 1. The van der Waals surface area contributed by atoms with Crippen LogP contribution in [0.5, 0.6) is 17.2 Å². The predicted molar refractivity (Wildman–Crippen MR) is 87.9 cm³/mol. The molecule has 0 atom stereocenters. The van der Waals surface area contributed by atoms with Crippen LogP contribution in [0.2, 0.25) is 0 Å². The van der Waals surface area contributed by atoms with E-state index in [-0.39, 0.29) is 0 Å². The molecule has 1 N–H and O–H groups in total. The molecule has 0 spiro atoms. The molecule has 0 saturated heterocycles. The number of aromatic nitrogens is 2. The van der Waals surface area contributed by atoms with Gasteiger partial charge in [0.15, 0.2) is 11.5 Å². The summed E-state index contributed by atoms with van der Waals surface area (Å²) in [5.74, 6) is 2.20. The molecule has 23 heavy (non-hydrogen) atoms. The van der Waals surface area contributed by atoms with E-state index in [0.29, 0.717) is 18.1 Å². The SMILES string of the molecule is COc1ccc(COc2cc(-c3cc[nH]n3)ccc2OC)cc1. The summed E-state index contributed by atoms with van der Waals surface area (Å²) in [6.45, 7) is 0.449. The van der Waals surface area contributed by atoms with E-state index < -0.39 is 0 Å². The number of aromatic amines is 1. The van der Waals surface area contributed by atoms with Gasteiger partial charge in [-0.3, -0.25) is 5.10 Å². The molecule has 5 heteroatoms. The van der Waals surface area contributed by atoms with Crippen molar-refractivity contribution >= 4 is 0 Å². The van der Waals surface area contributed by atoms with Crippen molar-refractivity contribution in [3.05, 3.63) is 60.3 Å². The van der Waals surface area contributed by atoms with Crippen molar-refractivity contribution in [2.75, 3.05) is 14.2 Å². The number of benzene rings is 2. The Morgan fingerprint density at radius 3 is 2.39 bits per heavy atom. The summed E-state index contributed by atoms with van der Waals surface area (Å²) < 4.78 is 16.4. The second-order valence-electron chi connectivity index (χ2n) is 4.96. The third-order valence-electron chi connectivity index (χ3n) is 3.51. The van der Waals surface area contributed by atoms with Crippen LogP contribution in [0.4, 0.5) is 0 Å². The third kappa shape index (κ3) is 3.45. The Morgan fingerprint density at radius 2 is 1.74 bits per heavy atom. The molecule has 0 bridgehead atoms. The number of nitrogens with one attached hydrogen (secondary N) is 1. The van der Waals surface area contributed by atoms with Gasteiger partial charge in [-0.15, -0.1) is 0 Å². The highest BCUT2D eigenvalue weighted by molar-refractivity contribution is 5.63. The van der Waals surface area contributed by atoms with E-state index in [9.17, 15) is 0 Å². The molecular weight excluding hydrogens is 292 g/mol. The van der Waals surface area contributed by atoms with Crippen LogP contribution < -0.4 is 14.2 Å². The van der Waals surface area contributed by atoms with Crippen molar-refractivity contribution in [1.82, 2.24) is 10.2 Å². The summed E-state index contributed by atoms with van der Waals surface area (Å²) in [7, 11) is 3.28. The van der Waals surface area contributed by atoms with Gasteiger partial charge in [-0.2, -0.15) is 5.10 Å². The van der Waals surface area contributed by atoms with Gasteiger partial charge in [-0.05, 0) is 42.0 Å². The number of ether oxygens (including phenoxy) is 3. The van der Waals surface area contributed by atoms with Crippen LogP contribution in [-0.2, 0) is 6.61 Å². The molecule has 0 fully saturated rings. The predicted octanol–water partition coefficient (Wildman–Crippen LogP) is 3.67. The molecular formula is C18H18N2O3. The maximum absolute atomic E-state index is 5.92. The molecule has 118 valence electrons. The van der Waals surface area contributed by atoms with Gasteiger partial charge in [0.25, 0.3) is 0 Å². The molecule has 0 aliphatic rings. The first kappa shape index (κ1) is 15.0. The molecule has 0 aliphatic heterocycles. The van der Waals surface area contributed by atoms with Gasteiger partial charge >= 0.3 is 0 Å². The van der Waals surface area contributed by atoms with Gasteiger partial charge in [0.1, 0.15) is 12.4 Å². The molecule has 0 unspecified atom stereocenters. The van der Waals surface area contributed by atoms with Crippen molar-refractivity contribution < 1.29 is 14.2 Å². The largest absolute Gasteiger partial charge is 0.497 e. The van der Waals surface area contributed by atoms with Crippen LogP contribution >= 0.6 is 0 Å². The van der Waals surface area contributed by atoms with E-state index in [1.807, 2.05) is 48.5 Å². The minimum Gasteiger partial charge on any atom is -0.497 e. The Hall–Kier alpha value is -2.95. The van der Waals surface area contributed by atoms with E-state index >= 15 is 0 Å². The van der Waals surface area contributed by atoms with Gasteiger partial charge in [-0.25, -0.2) is 0 Å². The number of hydrogen-bond acceptors (Lipinski definition) is 4. The van der Waals surface area contributed by atoms with Crippen molar-refractivity contribution in [2.24, 2.45) is 0 Å². The Kier molecular flexibility index (Phi) is 4.47. The minimum absolute atomic E-state index is 0.449. The lowest BCUT2D eigenvalue weighted by molar-refractivity contribution is 0.284. The molecule has 5 nitrogen and oxygen atoms in total. The molecule has 1 aromatic heterocycles. The maximum atomic E-state index is 5.92. The van der Waals surface area contributed by atoms with E-state index in [4.69, 9.17) is 14.2 Å². The average Bonchev–Trinajstić information content (AvgIpc) is 3.15. The summed E-state index contributed by atoms with van der Waals surface area (Å²) in [4.78, 5) is 0. The molecule has 0 aliphatic carbocycles. The van der Waals surface area contributed by atoms with Crippen molar-refractivity contribution in [3.8, 4) is 28.5 Å². The van der Waals surface area contributed by atoms with E-state index in [1.54, 1.807) is 20.4 Å². The first-order valence-corrected chi connectivity index (χ1v) is 7.24. The fourth-order valence-electron chi connectivity index (χ4n) is 2.25. The summed E-state index contributed by atoms with van der Waals surface area (Å²) in [5.41, 5.74) is 2.89. The van der Waals surface area contributed by atoms with Crippen LogP contribution in [0.3, 0.4) is 0 Å². The fourth-order valence-corrected chi connectivity index (χ4v) is 2.25. The first-order valence-electron chi connectivity index (χ1n) is 7.24. The van der Waals surface area contributed by atoms with Gasteiger partial charge in [0.05, 0.1) is 19.9 Å². The topological polar surface area (TPSA) is 56.4 Å². The van der Waals surface area contributed by atoms with Crippen LogP contribution in [0.15, 0.2) is 54.7 Å². The lowest BCUT2D eigenvalue weighted by Crippen LogP contribution is -1.98. The monoisotopic (exact) mass is 310 g/mol. The zero-order valence-electron chi connectivity index (χ0n) is 13.1. The highest BCUT2D eigenvalue weighted by atomic mass is 16.5. The number of H-pyrrole nitrogens is 1. The van der Waals surface area contributed by atoms with Crippen molar-refractivity contribution in [1.29, 1.82) is 0 Å². The number of rotatable bonds is 6. The second kappa shape index (κ2) is 6.87.